The molecule has 0 bridgehead atoms. The first-order valence-corrected chi connectivity index (χ1v) is 4.97. The molecule has 0 aliphatic carbocycles. The number of aromatic amines is 1. The van der Waals surface area contributed by atoms with Crippen molar-refractivity contribution in [1.29, 1.82) is 0 Å². The maximum absolute atomic E-state index is 11.8. The molecule has 0 aromatic carbocycles. The summed E-state index contributed by atoms with van der Waals surface area (Å²) in [6.07, 6.45) is 3.12. The Morgan fingerprint density at radius 2 is 1.71 bits per heavy atom. The van der Waals surface area contributed by atoms with E-state index in [0.717, 1.165) is 9.80 Å². The van der Waals surface area contributed by atoms with Crippen LogP contribution in [0.5, 0.6) is 0 Å². The molecule has 2 heterocycles. The van der Waals surface area contributed by atoms with Crippen LogP contribution in [-0.2, 0) is 9.59 Å². The predicted molar refractivity (Wildman–Crippen MR) is 59.7 cm³/mol. The molecule has 1 aliphatic heterocycles. The number of nitrogens with one attached hydrogen (secondary N) is 1. The topological polar surface area (TPSA) is 73.5 Å². The fraction of sp³-hybridized carbons (Fsp3) is 0.182. The molecule has 17 heavy (non-hydrogen) atoms. The van der Waals surface area contributed by atoms with Gasteiger partial charge in [0.15, 0.2) is 0 Å². The molecule has 1 N–H and O–H groups in total. The number of rotatable bonds is 1. The number of aromatic nitrogens is 1. The molecule has 4 amide bonds. The van der Waals surface area contributed by atoms with Gasteiger partial charge in [-0.3, -0.25) is 19.4 Å². The number of amides is 4. The van der Waals surface area contributed by atoms with E-state index in [1.165, 1.54) is 20.2 Å². The van der Waals surface area contributed by atoms with Crippen LogP contribution in [0.4, 0.5) is 4.79 Å². The van der Waals surface area contributed by atoms with Gasteiger partial charge in [-0.1, -0.05) is 0 Å². The summed E-state index contributed by atoms with van der Waals surface area (Å²) in [5, 5.41) is 0. The quantitative estimate of drug-likeness (QED) is 0.565. The fourth-order valence-corrected chi connectivity index (χ4v) is 1.56. The largest absolute Gasteiger partial charge is 0.362 e. The lowest BCUT2D eigenvalue weighted by Gasteiger charge is -2.28. The number of H-pyrrole nitrogens is 1. The lowest BCUT2D eigenvalue weighted by molar-refractivity contribution is -0.134. The van der Waals surface area contributed by atoms with Crippen molar-refractivity contribution in [2.24, 2.45) is 0 Å². The lowest BCUT2D eigenvalue weighted by atomic mass is 10.1. The standard InChI is InChI=1S/C11H11N3O3/c1-13-9(15)8(6-7-4-3-5-12-7)10(16)14(2)11(13)17/h3-6,12H,1-2H3. The van der Waals surface area contributed by atoms with Gasteiger partial charge >= 0.3 is 6.03 Å². The third-order valence-corrected chi connectivity index (χ3v) is 2.57. The maximum atomic E-state index is 11.8. The summed E-state index contributed by atoms with van der Waals surface area (Å²) in [7, 11) is 2.69. The van der Waals surface area contributed by atoms with E-state index in [1.54, 1.807) is 18.3 Å². The zero-order valence-electron chi connectivity index (χ0n) is 9.43. The van der Waals surface area contributed by atoms with Crippen molar-refractivity contribution in [3.05, 3.63) is 29.6 Å². The van der Waals surface area contributed by atoms with Gasteiger partial charge in [-0.25, -0.2) is 4.79 Å². The van der Waals surface area contributed by atoms with Crippen molar-refractivity contribution in [2.45, 2.75) is 0 Å². The van der Waals surface area contributed by atoms with Gasteiger partial charge in [0, 0.05) is 26.0 Å². The van der Waals surface area contributed by atoms with Crippen LogP contribution in [0.2, 0.25) is 0 Å². The summed E-state index contributed by atoms with van der Waals surface area (Å²) in [6.45, 7) is 0. The summed E-state index contributed by atoms with van der Waals surface area (Å²) < 4.78 is 0. The van der Waals surface area contributed by atoms with E-state index >= 15 is 0 Å². The van der Waals surface area contributed by atoms with E-state index < -0.39 is 17.8 Å². The summed E-state index contributed by atoms with van der Waals surface area (Å²) in [4.78, 5) is 39.7. The third kappa shape index (κ3) is 1.73. The highest BCUT2D eigenvalue weighted by Crippen LogP contribution is 2.16. The van der Waals surface area contributed by atoms with Crippen LogP contribution in [0.25, 0.3) is 6.08 Å². The number of carbonyl (C=O) groups excluding carboxylic acids is 3. The normalized spacial score (nSPS) is 16.8. The average Bonchev–Trinajstić information content (AvgIpc) is 2.82. The van der Waals surface area contributed by atoms with Crippen molar-refractivity contribution in [1.82, 2.24) is 14.8 Å². The van der Waals surface area contributed by atoms with Gasteiger partial charge in [0.1, 0.15) is 5.57 Å². The molecule has 1 saturated heterocycles. The van der Waals surface area contributed by atoms with Gasteiger partial charge < -0.3 is 4.98 Å². The van der Waals surface area contributed by atoms with E-state index in [1.807, 2.05) is 0 Å². The molecule has 0 atom stereocenters. The number of urea groups is 1. The number of carbonyl (C=O) groups is 3. The second-order valence-electron chi connectivity index (χ2n) is 3.69. The minimum atomic E-state index is -0.622. The Hall–Kier alpha value is -2.37. The maximum Gasteiger partial charge on any atom is 0.333 e. The molecule has 0 spiro atoms. The summed E-state index contributed by atoms with van der Waals surface area (Å²) >= 11 is 0. The molecule has 1 fully saturated rings. The van der Waals surface area contributed by atoms with E-state index in [0.29, 0.717) is 5.69 Å². The molecule has 1 aromatic heterocycles. The smallest absolute Gasteiger partial charge is 0.333 e. The van der Waals surface area contributed by atoms with Crippen LogP contribution in [0, 0.1) is 0 Å². The van der Waals surface area contributed by atoms with E-state index in [9.17, 15) is 14.4 Å². The van der Waals surface area contributed by atoms with Crippen LogP contribution in [0.3, 0.4) is 0 Å². The molecule has 2 rings (SSSR count). The second kappa shape index (κ2) is 3.89. The van der Waals surface area contributed by atoms with Crippen LogP contribution in [0.15, 0.2) is 23.9 Å². The molecule has 88 valence electrons. The Morgan fingerprint density at radius 3 is 2.18 bits per heavy atom. The van der Waals surface area contributed by atoms with Crippen molar-refractivity contribution in [2.75, 3.05) is 14.1 Å². The van der Waals surface area contributed by atoms with E-state index in [4.69, 9.17) is 0 Å². The van der Waals surface area contributed by atoms with Gasteiger partial charge in [0.2, 0.25) is 0 Å². The molecular formula is C11H11N3O3. The molecule has 1 aromatic rings. The van der Waals surface area contributed by atoms with Crippen molar-refractivity contribution in [3.63, 3.8) is 0 Å². The van der Waals surface area contributed by atoms with Crippen LogP contribution < -0.4 is 0 Å². The predicted octanol–water partition coefficient (Wildman–Crippen LogP) is 0.448. The Morgan fingerprint density at radius 1 is 1.12 bits per heavy atom. The van der Waals surface area contributed by atoms with Gasteiger partial charge in [0.05, 0.1) is 0 Å². The zero-order chi connectivity index (χ0) is 12.6. The third-order valence-electron chi connectivity index (χ3n) is 2.57. The molecule has 1 aliphatic rings. The Labute approximate surface area is 97.5 Å². The van der Waals surface area contributed by atoms with Gasteiger partial charge in [-0.15, -0.1) is 0 Å². The van der Waals surface area contributed by atoms with Crippen molar-refractivity contribution in [3.8, 4) is 0 Å². The first-order valence-electron chi connectivity index (χ1n) is 4.97. The SMILES string of the molecule is CN1C(=O)C(=Cc2ccc[nH]2)C(=O)N(C)C1=O. The number of barbiturate groups is 1. The summed E-state index contributed by atoms with van der Waals surface area (Å²) in [5.41, 5.74) is 0.606. The number of hydrogen-bond acceptors (Lipinski definition) is 3. The highest BCUT2D eigenvalue weighted by Gasteiger charge is 2.37. The molecular weight excluding hydrogens is 222 g/mol. The molecule has 0 saturated carbocycles. The average molecular weight is 233 g/mol. The monoisotopic (exact) mass is 233 g/mol. The van der Waals surface area contributed by atoms with Crippen molar-refractivity contribution >= 4 is 23.9 Å². The van der Waals surface area contributed by atoms with E-state index in [-0.39, 0.29) is 5.57 Å². The van der Waals surface area contributed by atoms with Crippen LogP contribution in [0.1, 0.15) is 5.69 Å². The lowest BCUT2D eigenvalue weighted by Crippen LogP contribution is -2.52. The minimum Gasteiger partial charge on any atom is -0.362 e. The molecule has 0 radical (unpaired) electrons. The highest BCUT2D eigenvalue weighted by atomic mass is 16.2. The zero-order valence-corrected chi connectivity index (χ0v) is 9.43. The van der Waals surface area contributed by atoms with Gasteiger partial charge in [-0.2, -0.15) is 0 Å². The van der Waals surface area contributed by atoms with Crippen molar-refractivity contribution < 1.29 is 14.4 Å². The van der Waals surface area contributed by atoms with Crippen LogP contribution >= 0.6 is 0 Å². The van der Waals surface area contributed by atoms with Gasteiger partial charge in [0.25, 0.3) is 11.8 Å². The van der Waals surface area contributed by atoms with E-state index in [2.05, 4.69) is 4.98 Å². The Kier molecular flexibility index (Phi) is 2.55. The summed E-state index contributed by atoms with van der Waals surface area (Å²) in [5.74, 6) is -1.18. The number of likely N-dealkylation sites (N-methyl/N-ethyl adjacent to an activating group) is 2. The first kappa shape index (κ1) is 11.1. The molecule has 0 unspecified atom stereocenters. The molecule has 6 heteroatoms. The molecule has 6 nitrogen and oxygen atoms in total. The fourth-order valence-electron chi connectivity index (χ4n) is 1.56. The Balaban J connectivity index is 2.43. The van der Waals surface area contributed by atoms with Crippen LogP contribution in [-0.4, -0.2) is 46.7 Å². The number of imide groups is 2. The highest BCUT2D eigenvalue weighted by molar-refractivity contribution is 6.30. The second-order valence-corrected chi connectivity index (χ2v) is 3.69. The Bertz CT molecular complexity index is 490. The summed E-state index contributed by atoms with van der Waals surface area (Å²) in [6, 6.07) is 2.86. The minimum absolute atomic E-state index is 0.0305. The number of hydrogen-bond donors (Lipinski definition) is 1. The van der Waals surface area contributed by atoms with Gasteiger partial charge in [-0.05, 0) is 18.2 Å². The number of nitrogens with zero attached hydrogens (tertiary/aromatic N) is 2. The first-order chi connectivity index (χ1) is 8.02.